The van der Waals surface area contributed by atoms with Crippen molar-refractivity contribution in [2.75, 3.05) is 7.11 Å². The predicted octanol–water partition coefficient (Wildman–Crippen LogP) is 6.41. The molecule has 0 amide bonds. The molecule has 2 heterocycles. The van der Waals surface area contributed by atoms with Crippen LogP contribution < -0.4 is 4.74 Å². The van der Waals surface area contributed by atoms with Gasteiger partial charge in [0.2, 0.25) is 0 Å². The van der Waals surface area contributed by atoms with Gasteiger partial charge >= 0.3 is 0 Å². The Balaban J connectivity index is 1.63. The van der Waals surface area contributed by atoms with Crippen molar-refractivity contribution in [2.45, 2.75) is 32.3 Å². The Morgan fingerprint density at radius 2 is 1.88 bits per heavy atom. The normalized spacial score (nSPS) is 11.7. The standard InChI is InChI=1S/C25H24ClFN2O2S/c1-25(2,30)24-15-21(29(28-24)20-7-5-4-6-18(20)26)23-13-11-17(32-23)10-8-16-9-12-22(31-3)19(27)14-16/h4-7,9,11-15,30H,8,10H2,1-3H3. The summed E-state index contributed by atoms with van der Waals surface area (Å²) in [6.45, 7) is 3.42. The number of thiophene rings is 1. The van der Waals surface area contributed by atoms with Gasteiger partial charge in [-0.3, -0.25) is 0 Å². The summed E-state index contributed by atoms with van der Waals surface area (Å²) in [6.07, 6.45) is 1.51. The number of hydrogen-bond donors (Lipinski definition) is 1. The van der Waals surface area contributed by atoms with Crippen LogP contribution in [0.4, 0.5) is 4.39 Å². The maximum Gasteiger partial charge on any atom is 0.165 e. The van der Waals surface area contributed by atoms with Gasteiger partial charge in [-0.2, -0.15) is 5.10 Å². The van der Waals surface area contributed by atoms with E-state index in [9.17, 15) is 9.50 Å². The summed E-state index contributed by atoms with van der Waals surface area (Å²) < 4.78 is 20.7. The largest absolute Gasteiger partial charge is 0.494 e. The molecular weight excluding hydrogens is 447 g/mol. The Hall–Kier alpha value is -2.67. The van der Waals surface area contributed by atoms with Crippen LogP contribution in [0.1, 0.15) is 30.0 Å². The third-order valence-corrected chi connectivity index (χ3v) is 6.69. The third kappa shape index (κ3) is 4.72. The summed E-state index contributed by atoms with van der Waals surface area (Å²) in [5.41, 5.74) is 2.02. The van der Waals surface area contributed by atoms with Crippen LogP contribution in [0.25, 0.3) is 16.3 Å². The van der Waals surface area contributed by atoms with Crippen molar-refractivity contribution in [3.8, 4) is 22.0 Å². The molecule has 0 radical (unpaired) electrons. The summed E-state index contributed by atoms with van der Waals surface area (Å²) in [7, 11) is 1.46. The lowest BCUT2D eigenvalue weighted by atomic mass is 10.1. The van der Waals surface area contributed by atoms with E-state index < -0.39 is 5.60 Å². The van der Waals surface area contributed by atoms with Crippen LogP contribution in [-0.4, -0.2) is 22.0 Å². The molecule has 4 nitrogen and oxygen atoms in total. The summed E-state index contributed by atoms with van der Waals surface area (Å²) in [5, 5.41) is 15.8. The van der Waals surface area contributed by atoms with E-state index in [2.05, 4.69) is 11.2 Å². The molecule has 1 N–H and O–H groups in total. The van der Waals surface area contributed by atoms with E-state index in [4.69, 9.17) is 16.3 Å². The fraction of sp³-hybridized carbons (Fsp3) is 0.240. The monoisotopic (exact) mass is 470 g/mol. The van der Waals surface area contributed by atoms with Gasteiger partial charge in [-0.1, -0.05) is 29.8 Å². The lowest BCUT2D eigenvalue weighted by Gasteiger charge is -2.13. The molecule has 0 aliphatic rings. The maximum atomic E-state index is 14.0. The number of halogens is 2. The molecule has 2 aromatic heterocycles. The van der Waals surface area contributed by atoms with Crippen molar-refractivity contribution in [1.82, 2.24) is 9.78 Å². The summed E-state index contributed by atoms with van der Waals surface area (Å²) in [4.78, 5) is 2.19. The SMILES string of the molecule is COc1ccc(CCc2ccc(-c3cc(C(C)(C)O)nn3-c3ccccc3Cl)s2)cc1F. The van der Waals surface area contributed by atoms with Crippen LogP contribution in [0.3, 0.4) is 0 Å². The minimum atomic E-state index is -1.08. The van der Waals surface area contributed by atoms with Crippen molar-refractivity contribution < 1.29 is 14.2 Å². The molecule has 166 valence electrons. The van der Waals surface area contributed by atoms with Gasteiger partial charge in [0.05, 0.1) is 34.1 Å². The van der Waals surface area contributed by atoms with E-state index in [0.717, 1.165) is 34.7 Å². The van der Waals surface area contributed by atoms with E-state index >= 15 is 0 Å². The van der Waals surface area contributed by atoms with Gasteiger partial charge in [0.1, 0.15) is 5.60 Å². The highest BCUT2D eigenvalue weighted by atomic mass is 35.5. The van der Waals surface area contributed by atoms with Gasteiger partial charge in [0, 0.05) is 4.88 Å². The van der Waals surface area contributed by atoms with Crippen LogP contribution in [-0.2, 0) is 18.4 Å². The van der Waals surface area contributed by atoms with E-state index in [-0.39, 0.29) is 11.6 Å². The van der Waals surface area contributed by atoms with Crippen molar-refractivity contribution in [1.29, 1.82) is 0 Å². The van der Waals surface area contributed by atoms with E-state index in [1.54, 1.807) is 35.9 Å². The van der Waals surface area contributed by atoms with Crippen LogP contribution >= 0.6 is 22.9 Å². The molecular formula is C25H24ClFN2O2S. The first kappa shape index (κ1) is 22.5. The molecule has 32 heavy (non-hydrogen) atoms. The Morgan fingerprint density at radius 1 is 1.09 bits per heavy atom. The van der Waals surface area contributed by atoms with Gasteiger partial charge in [-0.25, -0.2) is 9.07 Å². The second kappa shape index (κ2) is 9.06. The van der Waals surface area contributed by atoms with Crippen molar-refractivity contribution in [2.24, 2.45) is 0 Å². The van der Waals surface area contributed by atoms with Crippen molar-refractivity contribution >= 4 is 22.9 Å². The Labute approximate surface area is 195 Å². The first-order valence-electron chi connectivity index (χ1n) is 10.3. The van der Waals surface area contributed by atoms with Gasteiger partial charge in [-0.15, -0.1) is 11.3 Å². The molecule has 0 aliphatic carbocycles. The zero-order valence-corrected chi connectivity index (χ0v) is 19.7. The molecule has 0 spiro atoms. The number of aliphatic hydroxyl groups is 1. The Kier molecular flexibility index (Phi) is 6.38. The molecule has 0 aliphatic heterocycles. The first-order valence-corrected chi connectivity index (χ1v) is 11.4. The minimum Gasteiger partial charge on any atom is -0.494 e. The zero-order valence-electron chi connectivity index (χ0n) is 18.1. The van der Waals surface area contributed by atoms with Crippen LogP contribution in [0.5, 0.6) is 5.75 Å². The lowest BCUT2D eigenvalue weighted by molar-refractivity contribution is 0.0734. The molecule has 2 aromatic carbocycles. The van der Waals surface area contributed by atoms with Gasteiger partial charge in [0.25, 0.3) is 0 Å². The topological polar surface area (TPSA) is 47.3 Å². The quantitative estimate of drug-likeness (QED) is 0.339. The molecule has 0 bridgehead atoms. The second-order valence-corrected chi connectivity index (χ2v) is 9.65. The number of para-hydroxylation sites is 1. The Morgan fingerprint density at radius 3 is 2.56 bits per heavy atom. The number of benzene rings is 2. The number of methoxy groups -OCH3 is 1. The number of ether oxygens (including phenoxy) is 1. The molecule has 0 fully saturated rings. The molecule has 0 saturated heterocycles. The number of aromatic nitrogens is 2. The van der Waals surface area contributed by atoms with Crippen LogP contribution in [0, 0.1) is 5.82 Å². The fourth-order valence-corrected chi connectivity index (χ4v) is 4.67. The number of hydrogen-bond acceptors (Lipinski definition) is 4. The van der Waals surface area contributed by atoms with Crippen molar-refractivity contribution in [3.63, 3.8) is 0 Å². The van der Waals surface area contributed by atoms with E-state index in [1.165, 1.54) is 18.1 Å². The second-order valence-electron chi connectivity index (χ2n) is 8.07. The first-order chi connectivity index (χ1) is 15.3. The molecule has 7 heteroatoms. The molecule has 0 unspecified atom stereocenters. The van der Waals surface area contributed by atoms with Gasteiger partial charge in [0.15, 0.2) is 11.6 Å². The zero-order chi connectivity index (χ0) is 22.9. The third-order valence-electron chi connectivity index (χ3n) is 5.21. The van der Waals surface area contributed by atoms with Gasteiger partial charge < -0.3 is 9.84 Å². The molecule has 0 saturated carbocycles. The predicted molar refractivity (Wildman–Crippen MR) is 127 cm³/mol. The summed E-state index contributed by atoms with van der Waals surface area (Å²) in [6, 6.07) is 18.6. The molecule has 0 atom stereocenters. The number of aryl methyl sites for hydroxylation is 2. The van der Waals surface area contributed by atoms with Crippen molar-refractivity contribution in [3.05, 3.63) is 87.6 Å². The molecule has 4 aromatic rings. The van der Waals surface area contributed by atoms with Crippen LogP contribution in [0.15, 0.2) is 60.7 Å². The fourth-order valence-electron chi connectivity index (χ4n) is 3.45. The van der Waals surface area contributed by atoms with Crippen LogP contribution in [0.2, 0.25) is 5.02 Å². The number of rotatable bonds is 7. The smallest absolute Gasteiger partial charge is 0.165 e. The minimum absolute atomic E-state index is 0.252. The highest BCUT2D eigenvalue weighted by Crippen LogP contribution is 2.35. The summed E-state index contributed by atoms with van der Waals surface area (Å²) in [5.74, 6) is -0.0951. The van der Waals surface area contributed by atoms with Gasteiger partial charge in [-0.05, 0) is 74.7 Å². The van der Waals surface area contributed by atoms with E-state index in [0.29, 0.717) is 10.7 Å². The lowest BCUT2D eigenvalue weighted by Crippen LogP contribution is -2.16. The maximum absolute atomic E-state index is 14.0. The summed E-state index contributed by atoms with van der Waals surface area (Å²) >= 11 is 8.09. The van der Waals surface area contributed by atoms with E-state index in [1.807, 2.05) is 42.5 Å². The molecule has 4 rings (SSSR count). The Bertz CT molecular complexity index is 1240. The average molecular weight is 471 g/mol. The average Bonchev–Trinajstić information content (AvgIpc) is 3.39. The highest BCUT2D eigenvalue weighted by Gasteiger charge is 2.24. The highest BCUT2D eigenvalue weighted by molar-refractivity contribution is 7.15. The number of nitrogens with zero attached hydrogens (tertiary/aromatic N) is 2.